The minimum absolute atomic E-state index is 0.0247. The Morgan fingerprint density at radius 1 is 1.03 bits per heavy atom. The molecular formula is C27H46F3N3O5S. The van der Waals surface area contributed by atoms with E-state index >= 15 is 0 Å². The van der Waals surface area contributed by atoms with Crippen LogP contribution in [0, 0.1) is 29.6 Å². The van der Waals surface area contributed by atoms with Gasteiger partial charge in [-0.15, -0.1) is 0 Å². The van der Waals surface area contributed by atoms with Crippen LogP contribution >= 0.6 is 0 Å². The number of carbonyl (C=O) groups excluding carboxylic acids is 2. The number of alkyl halides is 3. The SMILES string of the molecule is CC1CCC(C(C)C)[C@@](C2CCCC2)(N(O)C(=O)[C@@H](CC(=O)N2CCCCC2)CN(C)S(=O)(=O)C(F)(F)F)C1. The highest BCUT2D eigenvalue weighted by Gasteiger charge is 2.56. The fraction of sp³-hybridized carbons (Fsp3) is 0.926. The van der Waals surface area contributed by atoms with Gasteiger partial charge in [-0.2, -0.15) is 17.5 Å². The molecule has 0 aromatic heterocycles. The number of carbonyl (C=O) groups is 2. The summed E-state index contributed by atoms with van der Waals surface area (Å²) in [7, 11) is -4.96. The molecule has 2 aliphatic carbocycles. The van der Waals surface area contributed by atoms with Crippen LogP contribution in [0.15, 0.2) is 0 Å². The lowest BCUT2D eigenvalue weighted by Crippen LogP contribution is -2.64. The van der Waals surface area contributed by atoms with Gasteiger partial charge in [0.1, 0.15) is 0 Å². The minimum atomic E-state index is -5.72. The predicted molar refractivity (Wildman–Crippen MR) is 141 cm³/mol. The fourth-order valence-corrected chi connectivity index (χ4v) is 8.15. The molecule has 2 amide bonds. The summed E-state index contributed by atoms with van der Waals surface area (Å²) in [5.41, 5.74) is -6.45. The zero-order chi connectivity index (χ0) is 29.2. The maximum absolute atomic E-state index is 14.1. The van der Waals surface area contributed by atoms with Crippen molar-refractivity contribution < 1.29 is 36.4 Å². The first-order valence-electron chi connectivity index (χ1n) is 14.5. The van der Waals surface area contributed by atoms with Crippen molar-refractivity contribution >= 4 is 21.8 Å². The van der Waals surface area contributed by atoms with Crippen molar-refractivity contribution in [3.05, 3.63) is 0 Å². The van der Waals surface area contributed by atoms with E-state index in [1.807, 2.05) is 0 Å². The van der Waals surface area contributed by atoms with Crippen molar-refractivity contribution in [3.8, 4) is 0 Å². The van der Waals surface area contributed by atoms with Gasteiger partial charge in [0.05, 0.1) is 11.5 Å². The van der Waals surface area contributed by atoms with Gasteiger partial charge in [0.2, 0.25) is 5.91 Å². The summed E-state index contributed by atoms with van der Waals surface area (Å²) in [6, 6.07) is 0. The third kappa shape index (κ3) is 6.74. The van der Waals surface area contributed by atoms with Gasteiger partial charge in [0.25, 0.3) is 5.91 Å². The van der Waals surface area contributed by atoms with Gasteiger partial charge in [-0.25, -0.2) is 13.5 Å². The van der Waals surface area contributed by atoms with Crippen molar-refractivity contribution in [3.63, 3.8) is 0 Å². The molecule has 4 atom stereocenters. The molecule has 12 heteroatoms. The average molecular weight is 582 g/mol. The van der Waals surface area contributed by atoms with Crippen molar-refractivity contribution in [1.82, 2.24) is 14.3 Å². The molecular weight excluding hydrogens is 535 g/mol. The van der Waals surface area contributed by atoms with Crippen LogP contribution in [0.3, 0.4) is 0 Å². The average Bonchev–Trinajstić information content (AvgIpc) is 3.42. The Morgan fingerprint density at radius 2 is 1.62 bits per heavy atom. The van der Waals surface area contributed by atoms with Gasteiger partial charge in [-0.1, -0.05) is 40.0 Å². The quantitative estimate of drug-likeness (QED) is 0.304. The Kier molecular flexibility index (Phi) is 10.4. The highest BCUT2D eigenvalue weighted by molar-refractivity contribution is 7.89. The highest BCUT2D eigenvalue weighted by Crippen LogP contribution is 2.53. The number of amides is 2. The molecule has 0 bridgehead atoms. The molecule has 0 radical (unpaired) electrons. The van der Waals surface area contributed by atoms with E-state index in [0.717, 1.165) is 69.9 Å². The Morgan fingerprint density at radius 3 is 2.15 bits per heavy atom. The number of piperidine rings is 1. The van der Waals surface area contributed by atoms with Crippen LogP contribution < -0.4 is 0 Å². The van der Waals surface area contributed by atoms with Crippen LogP contribution in [0.1, 0.15) is 91.4 Å². The Bertz CT molecular complexity index is 964. The molecule has 39 heavy (non-hydrogen) atoms. The summed E-state index contributed by atoms with van der Waals surface area (Å²) < 4.78 is 64.4. The molecule has 226 valence electrons. The first kappa shape index (κ1) is 32.1. The van der Waals surface area contributed by atoms with Gasteiger partial charge in [-0.05, 0) is 68.6 Å². The Balaban J connectivity index is 1.99. The molecule has 1 heterocycles. The van der Waals surface area contributed by atoms with Crippen molar-refractivity contribution in [2.75, 3.05) is 26.7 Å². The van der Waals surface area contributed by atoms with Crippen LogP contribution in [0.4, 0.5) is 13.2 Å². The lowest BCUT2D eigenvalue weighted by molar-refractivity contribution is -0.235. The van der Waals surface area contributed by atoms with E-state index < -0.39 is 51.8 Å². The number of nitrogens with zero attached hydrogens (tertiary/aromatic N) is 3. The molecule has 0 aromatic carbocycles. The van der Waals surface area contributed by atoms with Crippen molar-refractivity contribution in [2.45, 2.75) is 102 Å². The van der Waals surface area contributed by atoms with Crippen LogP contribution in [-0.4, -0.2) is 77.4 Å². The van der Waals surface area contributed by atoms with E-state index in [0.29, 0.717) is 19.5 Å². The smallest absolute Gasteiger partial charge is 0.343 e. The summed E-state index contributed by atoms with van der Waals surface area (Å²) >= 11 is 0. The number of sulfonamides is 1. The first-order valence-corrected chi connectivity index (χ1v) is 15.9. The van der Waals surface area contributed by atoms with Crippen LogP contribution in [-0.2, 0) is 19.6 Å². The lowest BCUT2D eigenvalue weighted by atomic mass is 9.59. The maximum atomic E-state index is 14.1. The lowest BCUT2D eigenvalue weighted by Gasteiger charge is -2.55. The van der Waals surface area contributed by atoms with Crippen molar-refractivity contribution in [2.24, 2.45) is 29.6 Å². The van der Waals surface area contributed by atoms with E-state index in [4.69, 9.17) is 0 Å². The summed E-state index contributed by atoms with van der Waals surface area (Å²) in [5, 5.41) is 12.6. The van der Waals surface area contributed by atoms with E-state index in [1.54, 1.807) is 4.90 Å². The number of hydroxylamine groups is 2. The Labute approximate surface area is 231 Å². The van der Waals surface area contributed by atoms with Gasteiger partial charge in [-0.3, -0.25) is 14.8 Å². The Hall–Kier alpha value is -1.40. The second-order valence-electron chi connectivity index (χ2n) is 12.4. The molecule has 1 saturated heterocycles. The standard InChI is InChI=1S/C27H46F3N3O5S/c1-19(2)23-13-12-20(3)17-26(23,22-10-6-7-11-22)33(36)25(35)21(16-24(34)32-14-8-5-9-15-32)18-31(4)39(37,38)27(28,29)30/h19-23,36H,5-18H2,1-4H3/t20?,21-,23?,26+/m0/s1. The van der Waals surface area contributed by atoms with E-state index in [-0.39, 0.29) is 28.0 Å². The minimum Gasteiger partial charge on any atom is -0.343 e. The maximum Gasteiger partial charge on any atom is 0.511 e. The molecule has 1 aliphatic heterocycles. The summed E-state index contributed by atoms with van der Waals surface area (Å²) in [6.07, 6.45) is 8.00. The molecule has 0 spiro atoms. The number of likely N-dealkylation sites (tertiary alicyclic amines) is 1. The molecule has 3 rings (SSSR count). The van der Waals surface area contributed by atoms with Gasteiger partial charge in [0.15, 0.2) is 0 Å². The molecule has 0 aromatic rings. The number of rotatable bonds is 9. The second-order valence-corrected chi connectivity index (χ2v) is 14.5. The van der Waals surface area contributed by atoms with Gasteiger partial charge in [0, 0.05) is 33.1 Å². The van der Waals surface area contributed by atoms with Crippen LogP contribution in [0.2, 0.25) is 0 Å². The van der Waals surface area contributed by atoms with Gasteiger partial charge >= 0.3 is 15.5 Å². The molecule has 3 aliphatic rings. The van der Waals surface area contributed by atoms with E-state index in [9.17, 15) is 36.4 Å². The van der Waals surface area contributed by atoms with Crippen molar-refractivity contribution in [1.29, 1.82) is 0 Å². The molecule has 1 N–H and O–H groups in total. The highest BCUT2D eigenvalue weighted by atomic mass is 32.2. The summed E-state index contributed by atoms with van der Waals surface area (Å²) in [6.45, 7) is 6.32. The summed E-state index contributed by atoms with van der Waals surface area (Å²) in [5.74, 6) is -2.36. The first-order chi connectivity index (χ1) is 18.1. The van der Waals surface area contributed by atoms with Crippen LogP contribution in [0.25, 0.3) is 0 Å². The molecule has 8 nitrogen and oxygen atoms in total. The topological polar surface area (TPSA) is 98.2 Å². The largest absolute Gasteiger partial charge is 0.511 e. The zero-order valence-corrected chi connectivity index (χ0v) is 24.6. The van der Waals surface area contributed by atoms with Crippen LogP contribution in [0.5, 0.6) is 0 Å². The fourth-order valence-electron chi connectivity index (χ4n) is 7.42. The number of halogens is 3. The van der Waals surface area contributed by atoms with Gasteiger partial charge < -0.3 is 4.90 Å². The monoisotopic (exact) mass is 581 g/mol. The normalized spacial score (nSPS) is 28.2. The third-order valence-corrected chi connectivity index (χ3v) is 11.0. The third-order valence-electron chi connectivity index (χ3n) is 9.42. The molecule has 2 saturated carbocycles. The van der Waals surface area contributed by atoms with E-state index in [2.05, 4.69) is 20.8 Å². The predicted octanol–water partition coefficient (Wildman–Crippen LogP) is 5.03. The van der Waals surface area contributed by atoms with E-state index in [1.165, 1.54) is 0 Å². The number of hydrogen-bond donors (Lipinski definition) is 1. The summed E-state index contributed by atoms with van der Waals surface area (Å²) in [4.78, 5) is 28.9. The number of hydrogen-bond acceptors (Lipinski definition) is 5. The zero-order valence-electron chi connectivity index (χ0n) is 23.8. The molecule has 3 fully saturated rings. The molecule has 2 unspecified atom stereocenters. The second kappa shape index (κ2) is 12.6.